The Morgan fingerprint density at radius 1 is 1.28 bits per heavy atom. The number of rotatable bonds is 3. The van der Waals surface area contributed by atoms with E-state index in [1.54, 1.807) is 31.2 Å². The molecule has 0 saturated carbocycles. The van der Waals surface area contributed by atoms with Gasteiger partial charge in [0.2, 0.25) is 5.91 Å². The lowest BCUT2D eigenvalue weighted by Crippen LogP contribution is -2.51. The normalized spacial score (nSPS) is 21.5. The van der Waals surface area contributed by atoms with Crippen LogP contribution < -0.4 is 11.1 Å². The lowest BCUT2D eigenvalue weighted by Gasteiger charge is -2.40. The van der Waals surface area contributed by atoms with E-state index in [-0.39, 0.29) is 33.5 Å². The maximum Gasteiger partial charge on any atom is 0.344 e. The summed E-state index contributed by atoms with van der Waals surface area (Å²) in [6.45, 7) is 1.54. The van der Waals surface area contributed by atoms with Crippen LogP contribution in [-0.4, -0.2) is 42.4 Å². The Bertz CT molecular complexity index is 1240. The number of fused-ring (bicyclic) bond motifs is 3. The molecule has 0 fully saturated rings. The molecule has 1 spiro atoms. The number of thioether (sulfide) groups is 1. The molecule has 0 saturated heterocycles. The van der Waals surface area contributed by atoms with Crippen molar-refractivity contribution < 1.29 is 28.7 Å². The van der Waals surface area contributed by atoms with Gasteiger partial charge < -0.3 is 20.5 Å². The summed E-state index contributed by atoms with van der Waals surface area (Å²) < 4.78 is 9.94. The molecule has 1 aromatic rings. The van der Waals surface area contributed by atoms with Crippen molar-refractivity contribution in [2.24, 2.45) is 5.73 Å². The minimum absolute atomic E-state index is 0.0334. The monoisotopic (exact) mass is 452 g/mol. The summed E-state index contributed by atoms with van der Waals surface area (Å²) in [6.07, 6.45) is 0.991. The van der Waals surface area contributed by atoms with Crippen LogP contribution >= 0.6 is 11.8 Å². The average Bonchev–Trinajstić information content (AvgIpc) is 3.05. The minimum Gasteiger partial charge on any atom is -0.465 e. The molecule has 3 aliphatic heterocycles. The second-order valence-corrected chi connectivity index (χ2v) is 7.83. The van der Waals surface area contributed by atoms with E-state index in [2.05, 4.69) is 5.32 Å². The van der Waals surface area contributed by atoms with Crippen molar-refractivity contribution in [1.82, 2.24) is 4.90 Å². The second kappa shape index (κ2) is 7.58. The van der Waals surface area contributed by atoms with Crippen molar-refractivity contribution >= 4 is 41.2 Å². The average molecular weight is 452 g/mol. The molecule has 0 radical (unpaired) electrons. The summed E-state index contributed by atoms with van der Waals surface area (Å²) in [6, 6.07) is 8.44. The first kappa shape index (κ1) is 21.2. The number of hydrogen-bond donors (Lipinski definition) is 2. The highest BCUT2D eigenvalue weighted by Gasteiger charge is 2.61. The topological polar surface area (TPSA) is 152 Å². The van der Waals surface area contributed by atoms with Gasteiger partial charge in [-0.25, -0.2) is 9.59 Å². The highest BCUT2D eigenvalue weighted by Crippen LogP contribution is 2.55. The number of esters is 2. The van der Waals surface area contributed by atoms with Crippen LogP contribution in [0.1, 0.15) is 12.5 Å². The molecule has 0 aliphatic carbocycles. The molecule has 10 nitrogen and oxygen atoms in total. The molecule has 3 aliphatic rings. The number of methoxy groups -OCH3 is 1. The van der Waals surface area contributed by atoms with E-state index in [1.807, 2.05) is 6.07 Å². The number of hydrogen-bond acceptors (Lipinski definition) is 9. The first-order chi connectivity index (χ1) is 15.3. The van der Waals surface area contributed by atoms with Crippen LogP contribution in [-0.2, 0) is 34.1 Å². The van der Waals surface area contributed by atoms with Gasteiger partial charge in [-0.05, 0) is 13.0 Å². The zero-order chi connectivity index (χ0) is 23.2. The van der Waals surface area contributed by atoms with E-state index in [0.29, 0.717) is 11.3 Å². The molecule has 0 bridgehead atoms. The fourth-order valence-electron chi connectivity index (χ4n) is 3.98. The second-order valence-electron chi connectivity index (χ2n) is 6.80. The van der Waals surface area contributed by atoms with Gasteiger partial charge in [0, 0.05) is 17.3 Å². The van der Waals surface area contributed by atoms with Crippen molar-refractivity contribution in [1.29, 1.82) is 5.26 Å². The Morgan fingerprint density at radius 3 is 2.66 bits per heavy atom. The van der Waals surface area contributed by atoms with Crippen LogP contribution in [0.5, 0.6) is 0 Å². The highest BCUT2D eigenvalue weighted by atomic mass is 32.2. The van der Waals surface area contributed by atoms with Gasteiger partial charge in [-0.3, -0.25) is 14.5 Å². The predicted molar refractivity (Wildman–Crippen MR) is 112 cm³/mol. The third kappa shape index (κ3) is 2.66. The molecular weight excluding hydrogens is 436 g/mol. The summed E-state index contributed by atoms with van der Waals surface area (Å²) in [5, 5.41) is 12.6. The Balaban J connectivity index is 2.12. The number of nitrogens with zero attached hydrogens (tertiary/aromatic N) is 2. The van der Waals surface area contributed by atoms with E-state index in [4.69, 9.17) is 15.2 Å². The molecule has 1 aromatic carbocycles. The smallest absolute Gasteiger partial charge is 0.344 e. The number of benzene rings is 1. The number of para-hydroxylation sites is 1. The summed E-state index contributed by atoms with van der Waals surface area (Å²) in [5.74, 6) is -3.52. The molecule has 0 aromatic heterocycles. The predicted octanol–water partition coefficient (Wildman–Crippen LogP) is 0.991. The van der Waals surface area contributed by atoms with Crippen molar-refractivity contribution in [2.45, 2.75) is 12.3 Å². The zero-order valence-corrected chi connectivity index (χ0v) is 17.7. The number of anilines is 1. The van der Waals surface area contributed by atoms with E-state index >= 15 is 0 Å². The van der Waals surface area contributed by atoms with Crippen LogP contribution in [0.25, 0.3) is 0 Å². The minimum atomic E-state index is -1.96. The first-order valence-electron chi connectivity index (χ1n) is 9.37. The summed E-state index contributed by atoms with van der Waals surface area (Å²) >= 11 is 0.735. The van der Waals surface area contributed by atoms with E-state index in [1.165, 1.54) is 0 Å². The standard InChI is InChI=1S/C21H16N4O6S/c1-3-31-19(28)15-17-25(14(26)8-13(32-17)18(27)30-2)16(23)11(9-22)21(15)10-6-4-5-7-12(10)24-20(21)29/h4-8H,3,23H2,1-2H3,(H,24,29)/t21-/m1/s1. The number of nitrogens with two attached hydrogens (primary N) is 1. The Morgan fingerprint density at radius 2 is 2.00 bits per heavy atom. The lowest BCUT2D eigenvalue weighted by atomic mass is 9.68. The summed E-state index contributed by atoms with van der Waals surface area (Å²) in [7, 11) is 1.15. The van der Waals surface area contributed by atoms with Crippen LogP contribution in [0.3, 0.4) is 0 Å². The number of ether oxygens (including phenoxy) is 2. The van der Waals surface area contributed by atoms with Crippen LogP contribution in [0.15, 0.2) is 57.2 Å². The van der Waals surface area contributed by atoms with Gasteiger partial charge in [0.05, 0.1) is 24.9 Å². The van der Waals surface area contributed by atoms with Gasteiger partial charge in [0.25, 0.3) is 5.91 Å². The third-order valence-corrected chi connectivity index (χ3v) is 6.33. The molecule has 11 heteroatoms. The number of nitrogens with one attached hydrogen (secondary N) is 1. The van der Waals surface area contributed by atoms with Crippen molar-refractivity contribution in [3.8, 4) is 6.07 Å². The molecule has 162 valence electrons. The van der Waals surface area contributed by atoms with Gasteiger partial charge in [-0.15, -0.1) is 0 Å². The number of carbonyl (C=O) groups excluding carboxylic acids is 4. The summed E-state index contributed by atoms with van der Waals surface area (Å²) in [5.41, 5.74) is 4.39. The fourth-order valence-corrected chi connectivity index (χ4v) is 5.13. The molecule has 2 amide bonds. The van der Waals surface area contributed by atoms with E-state index < -0.39 is 29.2 Å². The number of amides is 2. The summed E-state index contributed by atoms with van der Waals surface area (Å²) in [4.78, 5) is 52.6. The molecule has 32 heavy (non-hydrogen) atoms. The largest absolute Gasteiger partial charge is 0.465 e. The van der Waals surface area contributed by atoms with Crippen LogP contribution in [0, 0.1) is 11.3 Å². The maximum atomic E-state index is 13.5. The van der Waals surface area contributed by atoms with Crippen molar-refractivity contribution in [3.05, 3.63) is 62.8 Å². The quantitative estimate of drug-likeness (QED) is 0.640. The van der Waals surface area contributed by atoms with E-state index in [0.717, 1.165) is 29.8 Å². The van der Waals surface area contributed by atoms with Gasteiger partial charge in [-0.1, -0.05) is 30.0 Å². The number of carbonyl (C=O) groups is 4. The Kier molecular flexibility index (Phi) is 5.02. The SMILES string of the molecule is CCOC(=O)C1=C2SC(C(=O)OC)=CC(=O)N2C(N)=C(C#N)[C@@]12C(=O)Nc1ccccc12. The molecule has 1 atom stereocenters. The third-order valence-electron chi connectivity index (χ3n) is 5.24. The molecule has 4 rings (SSSR count). The van der Waals surface area contributed by atoms with Gasteiger partial charge in [-0.2, -0.15) is 5.26 Å². The van der Waals surface area contributed by atoms with Gasteiger partial charge >= 0.3 is 11.9 Å². The van der Waals surface area contributed by atoms with Crippen molar-refractivity contribution in [2.75, 3.05) is 19.0 Å². The highest BCUT2D eigenvalue weighted by molar-refractivity contribution is 8.07. The molecular formula is C21H16N4O6S. The maximum absolute atomic E-state index is 13.5. The Labute approximate surface area is 186 Å². The zero-order valence-electron chi connectivity index (χ0n) is 16.9. The van der Waals surface area contributed by atoms with Crippen LogP contribution in [0.2, 0.25) is 0 Å². The molecule has 0 unspecified atom stereocenters. The Hall–Kier alpha value is -4.04. The number of nitriles is 1. The first-order valence-corrected chi connectivity index (χ1v) is 10.2. The fraction of sp³-hybridized carbons (Fsp3) is 0.190. The van der Waals surface area contributed by atoms with Gasteiger partial charge in [0.15, 0.2) is 0 Å². The van der Waals surface area contributed by atoms with Crippen LogP contribution in [0.4, 0.5) is 5.69 Å². The van der Waals surface area contributed by atoms with Crippen molar-refractivity contribution in [3.63, 3.8) is 0 Å². The molecule has 3 heterocycles. The molecule has 3 N–H and O–H groups in total. The van der Waals surface area contributed by atoms with E-state index in [9.17, 15) is 24.4 Å². The lowest BCUT2D eigenvalue weighted by molar-refractivity contribution is -0.140. The van der Waals surface area contributed by atoms with Gasteiger partial charge in [0.1, 0.15) is 27.2 Å².